The lowest BCUT2D eigenvalue weighted by Gasteiger charge is -2.23. The van der Waals surface area contributed by atoms with Crippen molar-refractivity contribution in [2.24, 2.45) is 0 Å². The van der Waals surface area contributed by atoms with E-state index in [0.29, 0.717) is 19.6 Å². The fourth-order valence-corrected chi connectivity index (χ4v) is 2.16. The molecule has 0 bridgehead atoms. The second-order valence-electron chi connectivity index (χ2n) is 4.76. The zero-order valence-corrected chi connectivity index (χ0v) is 11.3. The zero-order chi connectivity index (χ0) is 15.6. The molecule has 8 nitrogen and oxygen atoms in total. The molecule has 2 rings (SSSR count). The van der Waals surface area contributed by atoms with Gasteiger partial charge in [-0.1, -0.05) is 0 Å². The molecular weight excluding hydrogens is 280 g/mol. The Morgan fingerprint density at radius 1 is 1.38 bits per heavy atom. The molecule has 8 heteroatoms. The molecule has 1 aromatic carbocycles. The second-order valence-corrected chi connectivity index (χ2v) is 4.76. The number of aromatic carboxylic acids is 1. The number of nitro groups is 1. The van der Waals surface area contributed by atoms with Crippen molar-refractivity contribution in [2.75, 3.05) is 20.3 Å². The predicted octanol–water partition coefficient (Wildman–Crippen LogP) is 1.15. The van der Waals surface area contributed by atoms with Gasteiger partial charge < -0.3 is 14.7 Å². The van der Waals surface area contributed by atoms with E-state index >= 15 is 0 Å². The molecule has 1 aromatic rings. The Morgan fingerprint density at radius 3 is 2.57 bits per heavy atom. The Hall–Kier alpha value is -2.48. The van der Waals surface area contributed by atoms with E-state index in [-0.39, 0.29) is 17.2 Å². The van der Waals surface area contributed by atoms with Gasteiger partial charge in [0.05, 0.1) is 23.1 Å². The van der Waals surface area contributed by atoms with Crippen LogP contribution in [0.1, 0.15) is 27.1 Å². The van der Waals surface area contributed by atoms with Crippen LogP contribution in [-0.4, -0.2) is 53.1 Å². The molecule has 0 spiro atoms. The maximum absolute atomic E-state index is 12.3. The SMILES string of the molecule is CN(C(=O)c1cc(C(=O)O)cc([N+](=O)[O-])c1)C1CCOC1. The summed E-state index contributed by atoms with van der Waals surface area (Å²) in [6.07, 6.45) is 0.683. The summed E-state index contributed by atoms with van der Waals surface area (Å²) in [5.74, 6) is -1.78. The first-order valence-corrected chi connectivity index (χ1v) is 6.28. The molecule has 1 aliphatic heterocycles. The van der Waals surface area contributed by atoms with Crippen molar-refractivity contribution < 1.29 is 24.4 Å². The third-order valence-electron chi connectivity index (χ3n) is 3.40. The summed E-state index contributed by atoms with van der Waals surface area (Å²) in [7, 11) is 1.57. The smallest absolute Gasteiger partial charge is 0.335 e. The molecule has 1 heterocycles. The van der Waals surface area contributed by atoms with E-state index in [1.807, 2.05) is 0 Å². The number of carbonyl (C=O) groups is 2. The summed E-state index contributed by atoms with van der Waals surface area (Å²) in [4.78, 5) is 34.9. The summed E-state index contributed by atoms with van der Waals surface area (Å²) < 4.78 is 5.19. The van der Waals surface area contributed by atoms with Gasteiger partial charge in [-0.2, -0.15) is 0 Å². The van der Waals surface area contributed by atoms with Crippen molar-refractivity contribution in [1.29, 1.82) is 0 Å². The van der Waals surface area contributed by atoms with Crippen molar-refractivity contribution in [3.8, 4) is 0 Å². The standard InChI is InChI=1S/C13H14N2O6/c1-14(10-2-3-21-7-10)12(16)8-4-9(13(17)18)6-11(5-8)15(19)20/h4-6,10H,2-3,7H2,1H3,(H,17,18). The van der Waals surface area contributed by atoms with Gasteiger partial charge in [-0.25, -0.2) is 4.79 Å². The first-order chi connectivity index (χ1) is 9.90. The maximum atomic E-state index is 12.3. The predicted molar refractivity (Wildman–Crippen MR) is 71.4 cm³/mol. The van der Waals surface area contributed by atoms with Crippen LogP contribution in [0.3, 0.4) is 0 Å². The normalized spacial score (nSPS) is 17.5. The van der Waals surface area contributed by atoms with Crippen LogP contribution in [0.4, 0.5) is 5.69 Å². The van der Waals surface area contributed by atoms with E-state index in [2.05, 4.69) is 0 Å². The Balaban J connectivity index is 2.35. The molecule has 0 radical (unpaired) electrons. The number of ether oxygens (including phenoxy) is 1. The zero-order valence-electron chi connectivity index (χ0n) is 11.3. The lowest BCUT2D eigenvalue weighted by atomic mass is 10.1. The van der Waals surface area contributed by atoms with E-state index in [9.17, 15) is 19.7 Å². The Bertz CT molecular complexity index is 562. The van der Waals surface area contributed by atoms with E-state index in [1.165, 1.54) is 4.90 Å². The first-order valence-electron chi connectivity index (χ1n) is 6.28. The van der Waals surface area contributed by atoms with Gasteiger partial charge in [0.2, 0.25) is 0 Å². The molecule has 112 valence electrons. The van der Waals surface area contributed by atoms with E-state index in [4.69, 9.17) is 9.84 Å². The number of nitrogens with zero attached hydrogens (tertiary/aromatic N) is 2. The van der Waals surface area contributed by atoms with Crippen LogP contribution >= 0.6 is 0 Å². The molecule has 1 fully saturated rings. The first kappa shape index (κ1) is 14.9. The van der Waals surface area contributed by atoms with Gasteiger partial charge in [0.15, 0.2) is 0 Å². The van der Waals surface area contributed by atoms with Crippen molar-refractivity contribution in [3.63, 3.8) is 0 Å². The van der Waals surface area contributed by atoms with Gasteiger partial charge >= 0.3 is 5.97 Å². The minimum atomic E-state index is -1.32. The van der Waals surface area contributed by atoms with Gasteiger partial charge in [0.25, 0.3) is 11.6 Å². The molecule has 0 aromatic heterocycles. The third kappa shape index (κ3) is 3.16. The molecule has 1 amide bonds. The van der Waals surface area contributed by atoms with E-state index < -0.39 is 22.5 Å². The molecular formula is C13H14N2O6. The lowest BCUT2D eigenvalue weighted by Crippen LogP contribution is -2.37. The Morgan fingerprint density at radius 2 is 2.05 bits per heavy atom. The molecule has 0 aliphatic carbocycles. The van der Waals surface area contributed by atoms with Crippen LogP contribution in [0.25, 0.3) is 0 Å². The highest BCUT2D eigenvalue weighted by atomic mass is 16.6. The van der Waals surface area contributed by atoms with E-state index in [1.54, 1.807) is 7.05 Å². The number of hydrogen-bond acceptors (Lipinski definition) is 5. The largest absolute Gasteiger partial charge is 0.478 e. The van der Waals surface area contributed by atoms with Gasteiger partial charge in [-0.3, -0.25) is 14.9 Å². The van der Waals surface area contributed by atoms with Crippen LogP contribution in [0, 0.1) is 10.1 Å². The number of likely N-dealkylation sites (N-methyl/N-ethyl adjacent to an activating group) is 1. The molecule has 1 atom stereocenters. The fourth-order valence-electron chi connectivity index (χ4n) is 2.16. The topological polar surface area (TPSA) is 110 Å². The van der Waals surface area contributed by atoms with Gasteiger partial charge in [-0.05, 0) is 12.5 Å². The average molecular weight is 294 g/mol. The molecule has 1 N–H and O–H groups in total. The fraction of sp³-hybridized carbons (Fsp3) is 0.385. The van der Waals surface area contributed by atoms with Crippen LogP contribution in [0.5, 0.6) is 0 Å². The lowest BCUT2D eigenvalue weighted by molar-refractivity contribution is -0.384. The molecule has 1 saturated heterocycles. The van der Waals surface area contributed by atoms with Crippen LogP contribution < -0.4 is 0 Å². The van der Waals surface area contributed by atoms with Crippen molar-refractivity contribution >= 4 is 17.6 Å². The average Bonchev–Trinajstić information content (AvgIpc) is 2.99. The number of hydrogen-bond donors (Lipinski definition) is 1. The van der Waals surface area contributed by atoms with E-state index in [0.717, 1.165) is 18.2 Å². The minimum absolute atomic E-state index is 0.0176. The highest BCUT2D eigenvalue weighted by molar-refractivity contribution is 5.98. The number of carbonyl (C=O) groups excluding carboxylic acids is 1. The highest BCUT2D eigenvalue weighted by Gasteiger charge is 2.26. The molecule has 21 heavy (non-hydrogen) atoms. The number of amides is 1. The van der Waals surface area contributed by atoms with Crippen molar-refractivity contribution in [1.82, 2.24) is 4.90 Å². The summed E-state index contributed by atoms with van der Waals surface area (Å²) in [5, 5.41) is 19.8. The second kappa shape index (κ2) is 5.88. The molecule has 0 saturated carbocycles. The molecule has 1 aliphatic rings. The van der Waals surface area contributed by atoms with Crippen LogP contribution in [0.15, 0.2) is 18.2 Å². The third-order valence-corrected chi connectivity index (χ3v) is 3.40. The monoisotopic (exact) mass is 294 g/mol. The highest BCUT2D eigenvalue weighted by Crippen LogP contribution is 2.20. The molecule has 1 unspecified atom stereocenters. The number of benzene rings is 1. The van der Waals surface area contributed by atoms with Gasteiger partial charge in [-0.15, -0.1) is 0 Å². The summed E-state index contributed by atoms with van der Waals surface area (Å²) in [6, 6.07) is 3.05. The van der Waals surface area contributed by atoms with Crippen LogP contribution in [0.2, 0.25) is 0 Å². The summed E-state index contributed by atoms with van der Waals surface area (Å²) >= 11 is 0. The van der Waals surface area contributed by atoms with Gasteiger partial charge in [0, 0.05) is 31.4 Å². The number of carboxylic acids is 1. The summed E-state index contributed by atoms with van der Waals surface area (Å²) in [5.41, 5.74) is -0.728. The van der Waals surface area contributed by atoms with Gasteiger partial charge in [0.1, 0.15) is 0 Å². The van der Waals surface area contributed by atoms with Crippen molar-refractivity contribution in [2.45, 2.75) is 12.5 Å². The number of non-ortho nitro benzene ring substituents is 1. The Labute approximate surface area is 120 Å². The number of rotatable bonds is 4. The maximum Gasteiger partial charge on any atom is 0.335 e. The number of carboxylic acid groups (broad SMARTS) is 1. The quantitative estimate of drug-likeness (QED) is 0.659. The number of nitro benzene ring substituents is 1. The summed E-state index contributed by atoms with van der Waals surface area (Å²) in [6.45, 7) is 0.959. The van der Waals surface area contributed by atoms with Crippen molar-refractivity contribution in [3.05, 3.63) is 39.4 Å². The Kier molecular flexibility index (Phi) is 4.18. The van der Waals surface area contributed by atoms with Crippen LogP contribution in [-0.2, 0) is 4.74 Å². The minimum Gasteiger partial charge on any atom is -0.478 e.